The summed E-state index contributed by atoms with van der Waals surface area (Å²) in [6.07, 6.45) is -0.550. The van der Waals surface area contributed by atoms with Gasteiger partial charge in [-0.05, 0) is 13.8 Å². The number of rotatable bonds is 0. The van der Waals surface area contributed by atoms with Crippen LogP contribution in [0.4, 0.5) is 0 Å². The molecule has 0 aliphatic carbocycles. The highest BCUT2D eigenvalue weighted by Crippen LogP contribution is 2.67. The predicted octanol–water partition coefficient (Wildman–Crippen LogP) is 0.192. The molecule has 0 aromatic rings. The monoisotopic (exact) mass is 212 g/mol. The SMILES string of the molecule is CC12OC3OC4OC(C)(O1)C1C4OC3C12. The average Bonchev–Trinajstić information content (AvgIpc) is 2.70. The zero-order chi connectivity index (χ0) is 10.00. The number of hydrogen-bond donors (Lipinski definition) is 0. The topological polar surface area (TPSA) is 46.2 Å². The average molecular weight is 212 g/mol. The Labute approximate surface area is 86.6 Å². The first-order valence-electron chi connectivity index (χ1n) is 5.47. The predicted molar refractivity (Wildman–Crippen MR) is 44.4 cm³/mol. The van der Waals surface area contributed by atoms with Crippen LogP contribution in [0.5, 0.6) is 0 Å². The molecule has 82 valence electrons. The first-order chi connectivity index (χ1) is 7.11. The molecule has 0 amide bonds. The van der Waals surface area contributed by atoms with E-state index in [0.717, 1.165) is 0 Å². The van der Waals surface area contributed by atoms with Gasteiger partial charge in [-0.1, -0.05) is 0 Å². The Morgan fingerprint density at radius 1 is 0.800 bits per heavy atom. The standard InChI is InChI=1S/C10H12O5/c1-9-3-4-6-8(14-10(4,2)15-9)12-7(13-9)5(3)11-6/h3-8H,1-2H3. The minimum absolute atomic E-state index is 0.0342. The Balaban J connectivity index is 1.80. The van der Waals surface area contributed by atoms with Gasteiger partial charge in [-0.2, -0.15) is 0 Å². The molecular formula is C10H12O5. The van der Waals surface area contributed by atoms with Crippen molar-refractivity contribution in [3.8, 4) is 0 Å². The lowest BCUT2D eigenvalue weighted by Gasteiger charge is -2.35. The van der Waals surface area contributed by atoms with E-state index in [9.17, 15) is 0 Å². The van der Waals surface area contributed by atoms with Gasteiger partial charge in [-0.25, -0.2) is 0 Å². The van der Waals surface area contributed by atoms with Gasteiger partial charge in [-0.15, -0.1) is 0 Å². The molecule has 0 saturated carbocycles. The van der Waals surface area contributed by atoms with E-state index in [2.05, 4.69) is 0 Å². The fraction of sp³-hybridized carbons (Fsp3) is 1.00. The molecule has 8 atom stereocenters. The first-order valence-corrected chi connectivity index (χ1v) is 5.47. The maximum absolute atomic E-state index is 5.98. The van der Waals surface area contributed by atoms with Gasteiger partial charge in [0.2, 0.25) is 0 Å². The van der Waals surface area contributed by atoms with Crippen molar-refractivity contribution in [1.29, 1.82) is 0 Å². The quantitative estimate of drug-likeness (QED) is 0.573. The van der Waals surface area contributed by atoms with Gasteiger partial charge in [-0.3, -0.25) is 0 Å². The fourth-order valence-electron chi connectivity index (χ4n) is 4.16. The van der Waals surface area contributed by atoms with Crippen molar-refractivity contribution in [3.63, 3.8) is 0 Å². The molecule has 5 aliphatic rings. The molecule has 5 rings (SSSR count). The molecule has 5 aliphatic heterocycles. The van der Waals surface area contributed by atoms with E-state index in [0.29, 0.717) is 0 Å². The summed E-state index contributed by atoms with van der Waals surface area (Å²) in [5.74, 6) is -0.668. The molecular weight excluding hydrogens is 200 g/mol. The van der Waals surface area contributed by atoms with E-state index in [1.165, 1.54) is 0 Å². The zero-order valence-electron chi connectivity index (χ0n) is 8.51. The van der Waals surface area contributed by atoms with Crippen LogP contribution in [0.2, 0.25) is 0 Å². The third-order valence-corrected chi connectivity index (χ3v) is 4.53. The van der Waals surface area contributed by atoms with Crippen LogP contribution in [0.3, 0.4) is 0 Å². The lowest BCUT2D eigenvalue weighted by molar-refractivity contribution is -0.413. The summed E-state index contributed by atoms with van der Waals surface area (Å²) in [6, 6.07) is 0. The summed E-state index contributed by atoms with van der Waals surface area (Å²) in [4.78, 5) is 0. The van der Waals surface area contributed by atoms with Crippen LogP contribution in [0.1, 0.15) is 13.8 Å². The second-order valence-electron chi connectivity index (χ2n) is 5.36. The summed E-state index contributed by atoms with van der Waals surface area (Å²) in [7, 11) is 0. The molecule has 0 radical (unpaired) electrons. The molecule has 0 N–H and O–H groups in total. The molecule has 8 unspecified atom stereocenters. The van der Waals surface area contributed by atoms with Crippen LogP contribution in [0, 0.1) is 11.8 Å². The van der Waals surface area contributed by atoms with Crippen LogP contribution < -0.4 is 0 Å². The summed E-state index contributed by atoms with van der Waals surface area (Å²) < 4.78 is 29.3. The number of hydrogen-bond acceptors (Lipinski definition) is 5. The maximum atomic E-state index is 5.98. The lowest BCUT2D eigenvalue weighted by atomic mass is 9.83. The smallest absolute Gasteiger partial charge is 0.190 e. The molecule has 5 saturated heterocycles. The van der Waals surface area contributed by atoms with Gasteiger partial charge in [0.05, 0.1) is 11.8 Å². The molecule has 5 heterocycles. The van der Waals surface area contributed by atoms with Crippen molar-refractivity contribution in [1.82, 2.24) is 0 Å². The van der Waals surface area contributed by atoms with Crippen molar-refractivity contribution in [2.45, 2.75) is 50.2 Å². The van der Waals surface area contributed by atoms with E-state index in [-0.39, 0.29) is 36.6 Å². The third-order valence-electron chi connectivity index (χ3n) is 4.53. The zero-order valence-corrected chi connectivity index (χ0v) is 8.51. The van der Waals surface area contributed by atoms with Gasteiger partial charge in [0.25, 0.3) is 0 Å². The Morgan fingerprint density at radius 3 is 1.87 bits per heavy atom. The second-order valence-corrected chi connectivity index (χ2v) is 5.36. The summed E-state index contributed by atoms with van der Waals surface area (Å²) in [6.45, 7) is 3.93. The Kier molecular flexibility index (Phi) is 0.993. The molecule has 0 spiro atoms. The van der Waals surface area contributed by atoms with Crippen LogP contribution in [-0.4, -0.2) is 36.4 Å². The van der Waals surface area contributed by atoms with E-state index >= 15 is 0 Å². The van der Waals surface area contributed by atoms with Crippen molar-refractivity contribution in [2.24, 2.45) is 11.8 Å². The highest BCUT2D eigenvalue weighted by atomic mass is 16.9. The minimum atomic E-state index is -0.588. The minimum Gasteiger partial charge on any atom is -0.363 e. The van der Waals surface area contributed by atoms with Gasteiger partial charge < -0.3 is 23.7 Å². The van der Waals surface area contributed by atoms with Crippen molar-refractivity contribution in [2.75, 3.05) is 0 Å². The van der Waals surface area contributed by atoms with E-state index in [1.54, 1.807) is 0 Å². The Morgan fingerprint density at radius 2 is 1.33 bits per heavy atom. The van der Waals surface area contributed by atoms with Gasteiger partial charge >= 0.3 is 0 Å². The second kappa shape index (κ2) is 1.87. The normalized spacial score (nSPS) is 77.2. The maximum Gasteiger partial charge on any atom is 0.190 e. The van der Waals surface area contributed by atoms with E-state index < -0.39 is 11.6 Å². The molecule has 2 bridgehead atoms. The lowest BCUT2D eigenvalue weighted by Crippen LogP contribution is -2.45. The van der Waals surface area contributed by atoms with E-state index in [4.69, 9.17) is 23.7 Å². The molecule has 5 heteroatoms. The first kappa shape index (κ1) is 7.97. The van der Waals surface area contributed by atoms with Gasteiger partial charge in [0, 0.05) is 0 Å². The Hall–Kier alpha value is -0.200. The summed E-state index contributed by atoms with van der Waals surface area (Å²) in [5, 5.41) is 0. The van der Waals surface area contributed by atoms with Crippen molar-refractivity contribution < 1.29 is 23.7 Å². The third kappa shape index (κ3) is 0.617. The van der Waals surface area contributed by atoms with Gasteiger partial charge in [0.15, 0.2) is 24.2 Å². The molecule has 0 aromatic carbocycles. The molecule has 0 aromatic heterocycles. The highest BCUT2D eigenvalue weighted by molar-refractivity contribution is 5.16. The van der Waals surface area contributed by atoms with Crippen LogP contribution in [0.15, 0.2) is 0 Å². The molecule has 5 nitrogen and oxygen atoms in total. The van der Waals surface area contributed by atoms with Crippen LogP contribution >= 0.6 is 0 Å². The summed E-state index contributed by atoms with van der Waals surface area (Å²) in [5.41, 5.74) is 0. The highest BCUT2D eigenvalue weighted by Gasteiger charge is 2.81. The van der Waals surface area contributed by atoms with E-state index in [1.807, 2.05) is 13.8 Å². The van der Waals surface area contributed by atoms with Crippen molar-refractivity contribution >= 4 is 0 Å². The van der Waals surface area contributed by atoms with Crippen LogP contribution in [-0.2, 0) is 23.7 Å². The summed E-state index contributed by atoms with van der Waals surface area (Å²) >= 11 is 0. The molecule has 15 heavy (non-hydrogen) atoms. The van der Waals surface area contributed by atoms with Crippen molar-refractivity contribution in [3.05, 3.63) is 0 Å². The molecule has 5 fully saturated rings. The van der Waals surface area contributed by atoms with Gasteiger partial charge in [0.1, 0.15) is 12.2 Å². The Bertz CT molecular complexity index is 341. The van der Waals surface area contributed by atoms with Crippen LogP contribution in [0.25, 0.3) is 0 Å². The fourth-order valence-corrected chi connectivity index (χ4v) is 4.16. The largest absolute Gasteiger partial charge is 0.363 e. The number of ether oxygens (including phenoxy) is 5.